The van der Waals surface area contributed by atoms with Crippen molar-refractivity contribution < 1.29 is 14.7 Å². The first kappa shape index (κ1) is 14.2. The quantitative estimate of drug-likeness (QED) is 0.820. The van der Waals surface area contributed by atoms with Crippen LogP contribution in [-0.2, 0) is 4.79 Å². The fourth-order valence-corrected chi connectivity index (χ4v) is 3.36. The van der Waals surface area contributed by atoms with E-state index in [9.17, 15) is 9.59 Å². The molecule has 2 fully saturated rings. The van der Waals surface area contributed by atoms with Gasteiger partial charge >= 0.3 is 12.0 Å². The molecule has 19 heavy (non-hydrogen) atoms. The predicted molar refractivity (Wildman–Crippen MR) is 71.9 cm³/mol. The molecule has 5 nitrogen and oxygen atoms in total. The van der Waals surface area contributed by atoms with Gasteiger partial charge in [-0.05, 0) is 31.1 Å². The summed E-state index contributed by atoms with van der Waals surface area (Å²) in [6.07, 6.45) is 5.48. The van der Waals surface area contributed by atoms with E-state index >= 15 is 0 Å². The molecule has 1 heterocycles. The molecule has 2 rings (SSSR count). The standard InChI is InChI=1S/C14H24N2O3/c1-10-4-2-5-11(10)9-15-14(19)16-7-3-6-12(16)8-13(17)18/h10-12H,2-9H2,1H3,(H,15,19)(H,17,18). The maximum absolute atomic E-state index is 12.1. The molecule has 1 saturated heterocycles. The number of hydrogen-bond donors (Lipinski definition) is 2. The Morgan fingerprint density at radius 2 is 2.05 bits per heavy atom. The minimum absolute atomic E-state index is 0.0627. The van der Waals surface area contributed by atoms with Crippen LogP contribution in [-0.4, -0.2) is 41.1 Å². The van der Waals surface area contributed by atoms with Crippen LogP contribution in [0.25, 0.3) is 0 Å². The Morgan fingerprint density at radius 3 is 2.68 bits per heavy atom. The van der Waals surface area contributed by atoms with E-state index in [0.29, 0.717) is 18.4 Å². The predicted octanol–water partition coefficient (Wildman–Crippen LogP) is 2.07. The van der Waals surface area contributed by atoms with E-state index in [1.807, 2.05) is 0 Å². The molecule has 2 aliphatic rings. The van der Waals surface area contributed by atoms with Crippen molar-refractivity contribution in [1.29, 1.82) is 0 Å². The lowest BCUT2D eigenvalue weighted by atomic mass is 9.98. The van der Waals surface area contributed by atoms with Crippen LogP contribution in [0.5, 0.6) is 0 Å². The third kappa shape index (κ3) is 3.61. The molecule has 0 aromatic carbocycles. The van der Waals surface area contributed by atoms with Gasteiger partial charge in [-0.15, -0.1) is 0 Å². The summed E-state index contributed by atoms with van der Waals surface area (Å²) >= 11 is 0. The first-order chi connectivity index (χ1) is 9.08. The van der Waals surface area contributed by atoms with Gasteiger partial charge in [0.2, 0.25) is 0 Å². The van der Waals surface area contributed by atoms with E-state index in [4.69, 9.17) is 5.11 Å². The molecule has 2 N–H and O–H groups in total. The topological polar surface area (TPSA) is 69.6 Å². The molecule has 1 aliphatic carbocycles. The average Bonchev–Trinajstić information content (AvgIpc) is 2.95. The van der Waals surface area contributed by atoms with E-state index < -0.39 is 5.97 Å². The minimum atomic E-state index is -0.825. The summed E-state index contributed by atoms with van der Waals surface area (Å²) < 4.78 is 0. The van der Waals surface area contributed by atoms with Gasteiger partial charge < -0.3 is 15.3 Å². The van der Waals surface area contributed by atoms with Crippen molar-refractivity contribution in [3.63, 3.8) is 0 Å². The maximum Gasteiger partial charge on any atom is 0.317 e. The van der Waals surface area contributed by atoms with Crippen LogP contribution in [0.3, 0.4) is 0 Å². The van der Waals surface area contributed by atoms with Crippen molar-refractivity contribution >= 4 is 12.0 Å². The van der Waals surface area contributed by atoms with Crippen LogP contribution in [0.1, 0.15) is 45.4 Å². The Balaban J connectivity index is 1.80. The zero-order valence-corrected chi connectivity index (χ0v) is 11.6. The highest BCUT2D eigenvalue weighted by atomic mass is 16.4. The molecular formula is C14H24N2O3. The van der Waals surface area contributed by atoms with Crippen LogP contribution in [0.4, 0.5) is 4.79 Å². The molecule has 1 saturated carbocycles. The van der Waals surface area contributed by atoms with Gasteiger partial charge in [0.15, 0.2) is 0 Å². The second-order valence-electron chi connectivity index (χ2n) is 5.94. The van der Waals surface area contributed by atoms with Gasteiger partial charge in [-0.2, -0.15) is 0 Å². The van der Waals surface area contributed by atoms with Crippen molar-refractivity contribution in [3.8, 4) is 0 Å². The highest BCUT2D eigenvalue weighted by Gasteiger charge is 2.31. The number of rotatable bonds is 4. The first-order valence-electron chi connectivity index (χ1n) is 7.34. The molecule has 0 radical (unpaired) electrons. The molecule has 0 aromatic rings. The second-order valence-corrected chi connectivity index (χ2v) is 5.94. The summed E-state index contributed by atoms with van der Waals surface area (Å²) in [5.41, 5.74) is 0. The number of aliphatic carboxylic acids is 1. The Morgan fingerprint density at radius 1 is 1.26 bits per heavy atom. The van der Waals surface area contributed by atoms with Gasteiger partial charge in [0.1, 0.15) is 0 Å². The fraction of sp³-hybridized carbons (Fsp3) is 0.857. The van der Waals surface area contributed by atoms with E-state index in [0.717, 1.165) is 19.4 Å². The van der Waals surface area contributed by atoms with Gasteiger partial charge in [-0.1, -0.05) is 19.8 Å². The van der Waals surface area contributed by atoms with Crippen molar-refractivity contribution in [2.24, 2.45) is 11.8 Å². The molecule has 5 heteroatoms. The molecule has 2 amide bonds. The number of urea groups is 1. The smallest absolute Gasteiger partial charge is 0.317 e. The molecule has 0 aromatic heterocycles. The lowest BCUT2D eigenvalue weighted by Gasteiger charge is -2.25. The average molecular weight is 268 g/mol. The summed E-state index contributed by atoms with van der Waals surface area (Å²) in [5, 5.41) is 11.8. The number of amides is 2. The molecule has 0 spiro atoms. The summed E-state index contributed by atoms with van der Waals surface area (Å²) in [6, 6.07) is -0.207. The van der Waals surface area contributed by atoms with Gasteiger partial charge in [-0.3, -0.25) is 4.79 Å². The number of carbonyl (C=O) groups excluding carboxylic acids is 1. The first-order valence-corrected chi connectivity index (χ1v) is 7.34. The lowest BCUT2D eigenvalue weighted by Crippen LogP contribution is -2.45. The molecule has 1 aliphatic heterocycles. The van der Waals surface area contributed by atoms with Crippen LogP contribution < -0.4 is 5.32 Å². The van der Waals surface area contributed by atoms with Crippen LogP contribution >= 0.6 is 0 Å². The maximum atomic E-state index is 12.1. The molecule has 0 bridgehead atoms. The van der Waals surface area contributed by atoms with Crippen molar-refractivity contribution in [3.05, 3.63) is 0 Å². The highest BCUT2D eigenvalue weighted by Crippen LogP contribution is 2.30. The largest absolute Gasteiger partial charge is 0.481 e. The van der Waals surface area contributed by atoms with E-state index in [1.54, 1.807) is 4.90 Å². The summed E-state index contributed by atoms with van der Waals surface area (Å²) in [4.78, 5) is 24.6. The number of hydrogen-bond acceptors (Lipinski definition) is 2. The van der Waals surface area contributed by atoms with E-state index in [2.05, 4.69) is 12.2 Å². The SMILES string of the molecule is CC1CCCC1CNC(=O)N1CCCC1CC(=O)O. The van der Waals surface area contributed by atoms with E-state index in [-0.39, 0.29) is 18.5 Å². The van der Waals surface area contributed by atoms with Gasteiger partial charge in [-0.25, -0.2) is 4.79 Å². The minimum Gasteiger partial charge on any atom is -0.481 e. The Labute approximate surface area is 114 Å². The van der Waals surface area contributed by atoms with Gasteiger partial charge in [0, 0.05) is 19.1 Å². The number of likely N-dealkylation sites (tertiary alicyclic amines) is 1. The Bertz CT molecular complexity index is 346. The number of carboxylic acids is 1. The monoisotopic (exact) mass is 268 g/mol. The van der Waals surface area contributed by atoms with E-state index in [1.165, 1.54) is 19.3 Å². The van der Waals surface area contributed by atoms with Gasteiger partial charge in [0.05, 0.1) is 6.42 Å². The number of carboxylic acid groups (broad SMARTS) is 1. The third-order valence-corrected chi connectivity index (χ3v) is 4.60. The normalized spacial score (nSPS) is 30.6. The Hall–Kier alpha value is -1.26. The third-order valence-electron chi connectivity index (χ3n) is 4.60. The number of carbonyl (C=O) groups is 2. The Kier molecular flexibility index (Phi) is 4.66. The zero-order valence-electron chi connectivity index (χ0n) is 11.6. The van der Waals surface area contributed by atoms with Crippen LogP contribution in [0.15, 0.2) is 0 Å². The summed E-state index contributed by atoms with van der Waals surface area (Å²) in [7, 11) is 0. The number of nitrogens with one attached hydrogen (secondary N) is 1. The molecular weight excluding hydrogens is 244 g/mol. The molecule has 108 valence electrons. The van der Waals surface area contributed by atoms with Crippen molar-refractivity contribution in [1.82, 2.24) is 10.2 Å². The fourth-order valence-electron chi connectivity index (χ4n) is 3.36. The highest BCUT2D eigenvalue weighted by molar-refractivity contribution is 5.76. The second kappa shape index (κ2) is 6.26. The summed E-state index contributed by atoms with van der Waals surface area (Å²) in [5.74, 6) is 0.451. The molecule has 3 atom stereocenters. The van der Waals surface area contributed by atoms with Crippen LogP contribution in [0, 0.1) is 11.8 Å². The zero-order chi connectivity index (χ0) is 13.8. The summed E-state index contributed by atoms with van der Waals surface area (Å²) in [6.45, 7) is 3.66. The van der Waals surface area contributed by atoms with Gasteiger partial charge in [0.25, 0.3) is 0 Å². The van der Waals surface area contributed by atoms with Crippen molar-refractivity contribution in [2.75, 3.05) is 13.1 Å². The lowest BCUT2D eigenvalue weighted by molar-refractivity contribution is -0.137. The number of nitrogens with zero attached hydrogens (tertiary/aromatic N) is 1. The molecule has 3 unspecified atom stereocenters. The van der Waals surface area contributed by atoms with Crippen LogP contribution in [0.2, 0.25) is 0 Å². The van der Waals surface area contributed by atoms with Crippen molar-refractivity contribution in [2.45, 2.75) is 51.5 Å².